The van der Waals surface area contributed by atoms with Gasteiger partial charge in [-0.2, -0.15) is 0 Å². The fraction of sp³-hybridized carbons (Fsp3) is 0.250. The second-order valence-corrected chi connectivity index (χ2v) is 10.7. The molecule has 0 aromatic heterocycles. The van der Waals surface area contributed by atoms with Crippen LogP contribution in [-0.4, -0.2) is 48.5 Å². The first-order chi connectivity index (χ1) is 18.3. The van der Waals surface area contributed by atoms with Crippen LogP contribution < -0.4 is 14.4 Å². The van der Waals surface area contributed by atoms with Crippen LogP contribution in [-0.2, 0) is 14.4 Å². The molecular weight excluding hydrogens is 544 g/mol. The van der Waals surface area contributed by atoms with Crippen molar-refractivity contribution in [3.63, 3.8) is 0 Å². The molecule has 3 aromatic rings. The highest BCUT2D eigenvalue weighted by molar-refractivity contribution is 8.00. The Kier molecular flexibility index (Phi) is 11.4. The lowest BCUT2D eigenvalue weighted by molar-refractivity contribution is -0.127. The summed E-state index contributed by atoms with van der Waals surface area (Å²) in [6.45, 7) is 4.43. The number of fused-ring (bicyclic) bond motifs is 1. The average molecular weight is 573 g/mol. The van der Waals surface area contributed by atoms with Gasteiger partial charge in [0.25, 0.3) is 6.47 Å². The highest BCUT2D eigenvalue weighted by atomic mass is 35.5. The zero-order chi connectivity index (χ0) is 27.5. The zero-order valence-electron chi connectivity index (χ0n) is 21.3. The Morgan fingerprint density at radius 3 is 2.18 bits per heavy atom. The van der Waals surface area contributed by atoms with Crippen molar-refractivity contribution in [2.24, 2.45) is 0 Å². The Hall–Kier alpha value is -3.14. The number of halogens is 1. The number of carbonyl (C=O) groups excluding carboxylic acids is 3. The fourth-order valence-electron chi connectivity index (χ4n) is 3.67. The first kappa shape index (κ1) is 29.4. The Bertz CT molecular complexity index is 1210. The highest BCUT2D eigenvalue weighted by Crippen LogP contribution is 2.54. The molecule has 0 N–H and O–H groups in total. The van der Waals surface area contributed by atoms with Gasteiger partial charge in [-0.05, 0) is 36.4 Å². The molecule has 1 unspecified atom stereocenters. The van der Waals surface area contributed by atoms with E-state index in [0.29, 0.717) is 28.6 Å². The minimum atomic E-state index is -0.374. The molecule has 200 valence electrons. The van der Waals surface area contributed by atoms with Crippen molar-refractivity contribution in [3.8, 4) is 11.5 Å². The van der Waals surface area contributed by atoms with Crippen LogP contribution in [0.3, 0.4) is 0 Å². The summed E-state index contributed by atoms with van der Waals surface area (Å²) in [5.74, 6) is 3.09. The molecule has 10 heteroatoms. The van der Waals surface area contributed by atoms with Gasteiger partial charge in [0, 0.05) is 41.6 Å². The number of benzene rings is 3. The number of thioether (sulfide) groups is 2. The summed E-state index contributed by atoms with van der Waals surface area (Å²) >= 11 is 9.35. The Morgan fingerprint density at radius 2 is 1.68 bits per heavy atom. The molecule has 2 aliphatic rings. The van der Waals surface area contributed by atoms with Crippen LogP contribution in [0, 0.1) is 0 Å². The van der Waals surface area contributed by atoms with E-state index >= 15 is 0 Å². The molecule has 5 rings (SSSR count). The van der Waals surface area contributed by atoms with Gasteiger partial charge < -0.3 is 14.4 Å². The Balaban J connectivity index is 0.000000231. The lowest BCUT2D eigenvalue weighted by Gasteiger charge is -2.25. The normalized spacial score (nSPS) is 15.3. The molecule has 0 radical (unpaired) electrons. The third-order valence-electron chi connectivity index (χ3n) is 5.52. The summed E-state index contributed by atoms with van der Waals surface area (Å²) in [6.07, 6.45) is 0. The van der Waals surface area contributed by atoms with Gasteiger partial charge in [0.2, 0.25) is 11.8 Å². The minimum absolute atomic E-state index is 0.117. The summed E-state index contributed by atoms with van der Waals surface area (Å²) < 4.78 is 10.3. The van der Waals surface area contributed by atoms with Crippen molar-refractivity contribution in [3.05, 3.63) is 83.4 Å². The van der Waals surface area contributed by atoms with E-state index in [1.54, 1.807) is 43.2 Å². The maximum atomic E-state index is 12.2. The SMILES string of the molecule is CC(=O)N1CCSC1.COc1ccc(OC=O)c(C2Sc3cc(Cl)ccc3N2C(C)=O)c1.c1ccccc1. The number of methoxy groups -OCH3 is 1. The van der Waals surface area contributed by atoms with E-state index in [2.05, 4.69) is 0 Å². The molecule has 0 spiro atoms. The van der Waals surface area contributed by atoms with Crippen molar-refractivity contribution in [1.29, 1.82) is 0 Å². The van der Waals surface area contributed by atoms with Gasteiger partial charge in [0.1, 0.15) is 16.9 Å². The van der Waals surface area contributed by atoms with Gasteiger partial charge in [-0.25, -0.2) is 0 Å². The number of rotatable bonds is 4. The van der Waals surface area contributed by atoms with Crippen molar-refractivity contribution in [2.75, 3.05) is 30.2 Å². The highest BCUT2D eigenvalue weighted by Gasteiger charge is 2.36. The van der Waals surface area contributed by atoms with E-state index in [0.717, 1.165) is 28.8 Å². The number of ether oxygens (including phenoxy) is 2. The van der Waals surface area contributed by atoms with Gasteiger partial charge in [-0.15, -0.1) is 11.8 Å². The van der Waals surface area contributed by atoms with Crippen LogP contribution in [0.1, 0.15) is 24.8 Å². The fourth-order valence-corrected chi connectivity index (χ4v) is 6.32. The van der Waals surface area contributed by atoms with Gasteiger partial charge >= 0.3 is 0 Å². The van der Waals surface area contributed by atoms with E-state index in [9.17, 15) is 14.4 Å². The maximum absolute atomic E-state index is 12.2. The molecule has 1 saturated heterocycles. The van der Waals surface area contributed by atoms with E-state index in [4.69, 9.17) is 21.1 Å². The minimum Gasteiger partial charge on any atom is -0.497 e. The van der Waals surface area contributed by atoms with Crippen LogP contribution in [0.25, 0.3) is 0 Å². The maximum Gasteiger partial charge on any atom is 0.298 e. The average Bonchev–Trinajstić information content (AvgIpc) is 3.59. The number of hydrogen-bond acceptors (Lipinski definition) is 7. The second-order valence-electron chi connectivity index (χ2n) is 8.06. The molecule has 38 heavy (non-hydrogen) atoms. The van der Waals surface area contributed by atoms with Crippen LogP contribution in [0.15, 0.2) is 77.7 Å². The lowest BCUT2D eigenvalue weighted by Crippen LogP contribution is -2.28. The molecule has 2 amide bonds. The van der Waals surface area contributed by atoms with Crippen LogP contribution in [0.5, 0.6) is 11.5 Å². The van der Waals surface area contributed by atoms with E-state index in [-0.39, 0.29) is 17.2 Å². The molecule has 1 fully saturated rings. The summed E-state index contributed by atoms with van der Waals surface area (Å²) in [5, 5.41) is 0.224. The first-order valence-corrected chi connectivity index (χ1v) is 14.1. The topological polar surface area (TPSA) is 76.2 Å². The molecule has 3 aromatic carbocycles. The summed E-state index contributed by atoms with van der Waals surface area (Å²) in [5.41, 5.74) is 1.45. The smallest absolute Gasteiger partial charge is 0.298 e. The number of hydrogen-bond donors (Lipinski definition) is 0. The molecule has 0 saturated carbocycles. The molecule has 1 atom stereocenters. The molecular formula is C28H29ClN2O5S2. The quantitative estimate of drug-likeness (QED) is 0.341. The zero-order valence-corrected chi connectivity index (χ0v) is 23.7. The molecule has 0 bridgehead atoms. The lowest BCUT2D eigenvalue weighted by atomic mass is 10.1. The van der Waals surface area contributed by atoms with E-state index < -0.39 is 0 Å². The molecule has 7 nitrogen and oxygen atoms in total. The Labute approximate surface area is 236 Å². The monoisotopic (exact) mass is 572 g/mol. The second kappa shape index (κ2) is 14.7. The van der Waals surface area contributed by atoms with Crippen molar-refractivity contribution in [2.45, 2.75) is 24.1 Å². The number of anilines is 1. The van der Waals surface area contributed by atoms with Crippen LogP contribution in [0.4, 0.5) is 5.69 Å². The predicted molar refractivity (Wildman–Crippen MR) is 154 cm³/mol. The standard InChI is InChI=1S/C17H14ClNO4S.C6H6.C5H9NOS/c1-10(21)19-14-5-3-11(18)7-16(14)24-17(19)13-8-12(22-2)4-6-15(13)23-9-20;1-2-4-6-5-3-1;1-5(7)6-2-3-8-4-6/h3-9,17H,1-2H3;1-6H;2-4H2,1H3. The first-order valence-electron chi connectivity index (χ1n) is 11.7. The Morgan fingerprint density at radius 1 is 1.00 bits per heavy atom. The number of nitrogens with zero attached hydrogens (tertiary/aromatic N) is 2. The van der Waals surface area contributed by atoms with E-state index in [1.807, 2.05) is 65.2 Å². The summed E-state index contributed by atoms with van der Waals surface area (Å²) in [4.78, 5) is 38.0. The number of carbonyl (C=O) groups is 3. The molecule has 2 aliphatic heterocycles. The van der Waals surface area contributed by atoms with E-state index in [1.165, 1.54) is 18.7 Å². The molecule has 2 heterocycles. The van der Waals surface area contributed by atoms with Crippen LogP contribution >= 0.6 is 35.1 Å². The van der Waals surface area contributed by atoms with Crippen molar-refractivity contribution < 1.29 is 23.9 Å². The third-order valence-corrected chi connectivity index (χ3v) is 7.99. The summed E-state index contributed by atoms with van der Waals surface area (Å²) in [6, 6.07) is 22.5. The molecule has 0 aliphatic carbocycles. The number of amides is 2. The van der Waals surface area contributed by atoms with Gasteiger partial charge in [-0.3, -0.25) is 19.3 Å². The third kappa shape index (κ3) is 7.93. The van der Waals surface area contributed by atoms with Crippen molar-refractivity contribution >= 4 is 59.1 Å². The predicted octanol–water partition coefficient (Wildman–Crippen LogP) is 6.27. The van der Waals surface area contributed by atoms with Gasteiger partial charge in [-0.1, -0.05) is 59.8 Å². The van der Waals surface area contributed by atoms with Gasteiger partial charge in [0.15, 0.2) is 0 Å². The van der Waals surface area contributed by atoms with Gasteiger partial charge in [0.05, 0.1) is 18.7 Å². The largest absolute Gasteiger partial charge is 0.497 e. The van der Waals surface area contributed by atoms with Crippen molar-refractivity contribution in [1.82, 2.24) is 4.90 Å². The van der Waals surface area contributed by atoms with Crippen LogP contribution in [0.2, 0.25) is 5.02 Å². The summed E-state index contributed by atoms with van der Waals surface area (Å²) in [7, 11) is 1.55.